The molecule has 1 aromatic rings. The molecule has 0 saturated heterocycles. The number of benzene rings is 1. The molecular weight excluding hydrogens is 194 g/mol. The standard InChI is InChI=1S/C15H23N/c1-4-15(16)11-14(10-12(2)3)13-8-6-5-7-9-13/h5-10,12,15H,4,11,16H2,1-3H3/b14-10+. The van der Waals surface area contributed by atoms with Crippen molar-refractivity contribution in [3.63, 3.8) is 0 Å². The Hall–Kier alpha value is -1.08. The van der Waals surface area contributed by atoms with Crippen molar-refractivity contribution in [2.24, 2.45) is 11.7 Å². The molecule has 0 bridgehead atoms. The van der Waals surface area contributed by atoms with E-state index in [0.717, 1.165) is 12.8 Å². The van der Waals surface area contributed by atoms with Gasteiger partial charge in [-0.15, -0.1) is 0 Å². The molecule has 0 aliphatic rings. The third kappa shape index (κ3) is 4.19. The maximum atomic E-state index is 6.05. The summed E-state index contributed by atoms with van der Waals surface area (Å²) < 4.78 is 0. The normalized spacial score (nSPS) is 14.2. The van der Waals surface area contributed by atoms with Gasteiger partial charge >= 0.3 is 0 Å². The van der Waals surface area contributed by atoms with Crippen LogP contribution in [0.25, 0.3) is 5.57 Å². The summed E-state index contributed by atoms with van der Waals surface area (Å²) in [4.78, 5) is 0. The lowest BCUT2D eigenvalue weighted by molar-refractivity contribution is 0.664. The highest BCUT2D eigenvalue weighted by atomic mass is 14.6. The van der Waals surface area contributed by atoms with Crippen LogP contribution < -0.4 is 5.73 Å². The minimum Gasteiger partial charge on any atom is -0.327 e. The Morgan fingerprint density at radius 2 is 1.88 bits per heavy atom. The van der Waals surface area contributed by atoms with E-state index in [0.29, 0.717) is 5.92 Å². The fraction of sp³-hybridized carbons (Fsp3) is 0.467. The van der Waals surface area contributed by atoms with Gasteiger partial charge in [-0.25, -0.2) is 0 Å². The van der Waals surface area contributed by atoms with E-state index in [4.69, 9.17) is 5.73 Å². The second-order valence-electron chi connectivity index (χ2n) is 4.67. The van der Waals surface area contributed by atoms with Gasteiger partial charge in [0, 0.05) is 6.04 Å². The molecule has 0 aromatic heterocycles. The first-order valence-electron chi connectivity index (χ1n) is 6.15. The van der Waals surface area contributed by atoms with E-state index in [1.165, 1.54) is 11.1 Å². The fourth-order valence-electron chi connectivity index (χ4n) is 1.76. The van der Waals surface area contributed by atoms with Crippen LogP contribution in [0, 0.1) is 5.92 Å². The molecule has 0 fully saturated rings. The predicted molar refractivity (Wildman–Crippen MR) is 72.1 cm³/mol. The Balaban J connectivity index is 2.89. The van der Waals surface area contributed by atoms with Crippen molar-refractivity contribution in [1.82, 2.24) is 0 Å². The Morgan fingerprint density at radius 3 is 2.38 bits per heavy atom. The van der Waals surface area contributed by atoms with Gasteiger partial charge in [0.15, 0.2) is 0 Å². The topological polar surface area (TPSA) is 26.0 Å². The molecule has 1 aromatic carbocycles. The highest BCUT2D eigenvalue weighted by Gasteiger charge is 2.07. The monoisotopic (exact) mass is 217 g/mol. The first-order chi connectivity index (χ1) is 7.63. The SMILES string of the molecule is CCC(N)C/C(=C\C(C)C)c1ccccc1. The van der Waals surface area contributed by atoms with Gasteiger partial charge in [0.05, 0.1) is 0 Å². The zero-order valence-electron chi connectivity index (χ0n) is 10.6. The van der Waals surface area contributed by atoms with Crippen molar-refractivity contribution < 1.29 is 0 Å². The molecule has 0 radical (unpaired) electrons. The van der Waals surface area contributed by atoms with Crippen LogP contribution in [-0.4, -0.2) is 6.04 Å². The van der Waals surface area contributed by atoms with Gasteiger partial charge in [0.2, 0.25) is 0 Å². The summed E-state index contributed by atoms with van der Waals surface area (Å²) in [5.41, 5.74) is 8.73. The van der Waals surface area contributed by atoms with E-state index >= 15 is 0 Å². The Bertz CT molecular complexity index is 325. The number of nitrogens with two attached hydrogens (primary N) is 1. The van der Waals surface area contributed by atoms with Crippen LogP contribution in [0.3, 0.4) is 0 Å². The summed E-state index contributed by atoms with van der Waals surface area (Å²) in [6.07, 6.45) is 4.33. The molecule has 1 rings (SSSR count). The Morgan fingerprint density at radius 1 is 1.25 bits per heavy atom. The molecule has 0 aliphatic carbocycles. The molecule has 1 unspecified atom stereocenters. The molecule has 1 atom stereocenters. The highest BCUT2D eigenvalue weighted by Crippen LogP contribution is 2.22. The summed E-state index contributed by atoms with van der Waals surface area (Å²) >= 11 is 0. The number of rotatable bonds is 5. The van der Waals surface area contributed by atoms with Gasteiger partial charge in [-0.05, 0) is 29.9 Å². The average Bonchev–Trinajstić information content (AvgIpc) is 2.28. The molecule has 0 spiro atoms. The average molecular weight is 217 g/mol. The van der Waals surface area contributed by atoms with Gasteiger partial charge in [-0.2, -0.15) is 0 Å². The molecular formula is C15H23N. The molecule has 88 valence electrons. The Kier molecular flexibility index (Phi) is 5.27. The largest absolute Gasteiger partial charge is 0.327 e. The molecule has 0 heterocycles. The molecule has 1 nitrogen and oxygen atoms in total. The quantitative estimate of drug-likeness (QED) is 0.796. The maximum absolute atomic E-state index is 6.05. The molecule has 1 heteroatoms. The van der Waals surface area contributed by atoms with E-state index in [1.54, 1.807) is 0 Å². The van der Waals surface area contributed by atoms with Gasteiger partial charge in [-0.1, -0.05) is 57.2 Å². The fourth-order valence-corrected chi connectivity index (χ4v) is 1.76. The van der Waals surface area contributed by atoms with E-state index in [1.807, 2.05) is 0 Å². The van der Waals surface area contributed by atoms with E-state index < -0.39 is 0 Å². The highest BCUT2D eigenvalue weighted by molar-refractivity contribution is 5.66. The van der Waals surface area contributed by atoms with Crippen LogP contribution in [0.4, 0.5) is 0 Å². The van der Waals surface area contributed by atoms with Crippen LogP contribution in [-0.2, 0) is 0 Å². The van der Waals surface area contributed by atoms with Crippen LogP contribution in [0.2, 0.25) is 0 Å². The molecule has 0 aliphatic heterocycles. The van der Waals surface area contributed by atoms with E-state index in [9.17, 15) is 0 Å². The molecule has 2 N–H and O–H groups in total. The van der Waals surface area contributed by atoms with Crippen molar-refractivity contribution in [2.75, 3.05) is 0 Å². The zero-order chi connectivity index (χ0) is 12.0. The Labute approximate surface area is 99.4 Å². The molecule has 0 saturated carbocycles. The summed E-state index contributed by atoms with van der Waals surface area (Å²) in [7, 11) is 0. The minimum absolute atomic E-state index is 0.269. The third-order valence-electron chi connectivity index (χ3n) is 2.69. The van der Waals surface area contributed by atoms with Crippen molar-refractivity contribution in [1.29, 1.82) is 0 Å². The molecule has 16 heavy (non-hydrogen) atoms. The summed E-state index contributed by atoms with van der Waals surface area (Å²) in [5.74, 6) is 0.569. The predicted octanol–water partition coefficient (Wildman–Crippen LogP) is 3.85. The van der Waals surface area contributed by atoms with Crippen molar-refractivity contribution in [3.8, 4) is 0 Å². The van der Waals surface area contributed by atoms with E-state index in [-0.39, 0.29) is 6.04 Å². The van der Waals surface area contributed by atoms with Gasteiger partial charge in [-0.3, -0.25) is 0 Å². The lowest BCUT2D eigenvalue weighted by Gasteiger charge is -2.14. The zero-order valence-corrected chi connectivity index (χ0v) is 10.6. The van der Waals surface area contributed by atoms with Gasteiger partial charge in [0.25, 0.3) is 0 Å². The van der Waals surface area contributed by atoms with Crippen LogP contribution in [0.1, 0.15) is 39.2 Å². The first kappa shape index (κ1) is 13.0. The number of allylic oxidation sites excluding steroid dienone is 1. The summed E-state index contributed by atoms with van der Waals surface area (Å²) in [5, 5.41) is 0. The summed E-state index contributed by atoms with van der Waals surface area (Å²) in [6.45, 7) is 6.56. The van der Waals surface area contributed by atoms with Crippen molar-refractivity contribution in [2.45, 2.75) is 39.7 Å². The summed E-state index contributed by atoms with van der Waals surface area (Å²) in [6, 6.07) is 10.8. The van der Waals surface area contributed by atoms with Crippen LogP contribution >= 0.6 is 0 Å². The van der Waals surface area contributed by atoms with Crippen LogP contribution in [0.15, 0.2) is 36.4 Å². The second-order valence-corrected chi connectivity index (χ2v) is 4.67. The van der Waals surface area contributed by atoms with Crippen molar-refractivity contribution in [3.05, 3.63) is 42.0 Å². The third-order valence-corrected chi connectivity index (χ3v) is 2.69. The van der Waals surface area contributed by atoms with Gasteiger partial charge < -0.3 is 5.73 Å². The smallest absolute Gasteiger partial charge is 0.00768 e. The first-order valence-corrected chi connectivity index (χ1v) is 6.15. The number of hydrogen-bond donors (Lipinski definition) is 1. The maximum Gasteiger partial charge on any atom is 0.00768 e. The molecule has 0 amide bonds. The lowest BCUT2D eigenvalue weighted by atomic mass is 9.95. The second kappa shape index (κ2) is 6.49. The lowest BCUT2D eigenvalue weighted by Crippen LogP contribution is -2.18. The van der Waals surface area contributed by atoms with E-state index in [2.05, 4.69) is 57.2 Å². The van der Waals surface area contributed by atoms with Crippen molar-refractivity contribution >= 4 is 5.57 Å². The minimum atomic E-state index is 0.269. The number of hydrogen-bond acceptors (Lipinski definition) is 1. The van der Waals surface area contributed by atoms with Crippen LogP contribution in [0.5, 0.6) is 0 Å². The van der Waals surface area contributed by atoms with Gasteiger partial charge in [0.1, 0.15) is 0 Å².